The summed E-state index contributed by atoms with van der Waals surface area (Å²) < 4.78 is 1.82. The van der Waals surface area contributed by atoms with Gasteiger partial charge in [0.1, 0.15) is 11.7 Å². The van der Waals surface area contributed by atoms with E-state index in [0.717, 1.165) is 34.4 Å². The zero-order chi connectivity index (χ0) is 21.1. The quantitative estimate of drug-likeness (QED) is 0.588. The highest BCUT2D eigenvalue weighted by Gasteiger charge is 2.35. The van der Waals surface area contributed by atoms with E-state index in [2.05, 4.69) is 52.2 Å². The molecular weight excluding hydrogens is 376 g/mol. The van der Waals surface area contributed by atoms with Crippen LogP contribution in [0.1, 0.15) is 25.8 Å². The fourth-order valence-corrected chi connectivity index (χ4v) is 4.04. The lowest BCUT2D eigenvalue weighted by Gasteiger charge is -2.17. The zero-order valence-corrected chi connectivity index (χ0v) is 17.6. The predicted octanol–water partition coefficient (Wildman–Crippen LogP) is 2.66. The van der Waals surface area contributed by atoms with Crippen LogP contribution in [-0.2, 0) is 18.4 Å². The number of nitrogens with zero attached hydrogens (tertiary/aromatic N) is 3. The number of pyridine rings is 1. The Morgan fingerprint density at radius 3 is 2.70 bits per heavy atom. The van der Waals surface area contributed by atoms with Gasteiger partial charge in [-0.1, -0.05) is 32.0 Å². The van der Waals surface area contributed by atoms with Crippen molar-refractivity contribution in [2.75, 3.05) is 0 Å². The van der Waals surface area contributed by atoms with E-state index in [0.29, 0.717) is 12.6 Å². The van der Waals surface area contributed by atoms with Gasteiger partial charge in [-0.05, 0) is 41.7 Å². The lowest BCUT2D eigenvalue weighted by atomic mass is 9.94. The van der Waals surface area contributed by atoms with Gasteiger partial charge in [-0.3, -0.25) is 19.9 Å². The van der Waals surface area contributed by atoms with Gasteiger partial charge in [0.2, 0.25) is 5.91 Å². The van der Waals surface area contributed by atoms with Gasteiger partial charge >= 0.3 is 0 Å². The van der Waals surface area contributed by atoms with E-state index < -0.39 is 0 Å². The van der Waals surface area contributed by atoms with Gasteiger partial charge in [0.25, 0.3) is 0 Å². The maximum Gasteiger partial charge on any atom is 0.239 e. The molecule has 1 aliphatic rings. The summed E-state index contributed by atoms with van der Waals surface area (Å²) in [6.45, 7) is 4.71. The third-order valence-corrected chi connectivity index (χ3v) is 5.79. The Bertz CT molecular complexity index is 1020. The Labute approximate surface area is 176 Å². The van der Waals surface area contributed by atoms with Crippen LogP contribution in [0.4, 0.5) is 0 Å². The Morgan fingerprint density at radius 2 is 1.97 bits per heavy atom. The van der Waals surface area contributed by atoms with Crippen molar-refractivity contribution in [1.82, 2.24) is 30.9 Å². The molecule has 1 aromatic carbocycles. The molecule has 7 nitrogen and oxygen atoms in total. The first kappa shape index (κ1) is 20.3. The number of carbonyl (C=O) groups is 1. The number of aromatic nitrogens is 3. The second-order valence-corrected chi connectivity index (χ2v) is 7.86. The SMILES string of the molecule is CCC1NNC(C(=O)NCc2cccc(-c3nn(C)cc3-c3ccncc3)c2)C1C. The molecule has 0 bridgehead atoms. The van der Waals surface area contributed by atoms with Crippen molar-refractivity contribution < 1.29 is 4.79 Å². The van der Waals surface area contributed by atoms with E-state index >= 15 is 0 Å². The first-order valence-electron chi connectivity index (χ1n) is 10.4. The largest absolute Gasteiger partial charge is 0.351 e. The molecule has 3 heterocycles. The van der Waals surface area contributed by atoms with Crippen molar-refractivity contribution in [3.05, 3.63) is 60.6 Å². The van der Waals surface area contributed by atoms with E-state index in [-0.39, 0.29) is 17.9 Å². The maximum atomic E-state index is 12.7. The third-order valence-electron chi connectivity index (χ3n) is 5.79. The molecule has 30 heavy (non-hydrogen) atoms. The Kier molecular flexibility index (Phi) is 5.92. The van der Waals surface area contributed by atoms with Crippen LogP contribution in [-0.4, -0.2) is 32.8 Å². The first-order valence-corrected chi connectivity index (χ1v) is 10.4. The second kappa shape index (κ2) is 8.77. The molecule has 3 aromatic rings. The molecule has 3 atom stereocenters. The molecule has 7 heteroatoms. The molecule has 1 aliphatic heterocycles. The van der Waals surface area contributed by atoms with Gasteiger partial charge < -0.3 is 5.32 Å². The highest BCUT2D eigenvalue weighted by Crippen LogP contribution is 2.31. The number of benzene rings is 1. The third kappa shape index (κ3) is 4.13. The first-order chi connectivity index (χ1) is 14.6. The molecule has 1 amide bonds. The monoisotopic (exact) mass is 404 g/mol. The van der Waals surface area contributed by atoms with Gasteiger partial charge in [-0.2, -0.15) is 5.10 Å². The van der Waals surface area contributed by atoms with Gasteiger partial charge in [0, 0.05) is 49.4 Å². The van der Waals surface area contributed by atoms with Gasteiger partial charge in [0.05, 0.1) is 0 Å². The number of nitrogens with one attached hydrogen (secondary N) is 3. The van der Waals surface area contributed by atoms with Crippen molar-refractivity contribution in [3.8, 4) is 22.4 Å². The molecule has 0 aliphatic carbocycles. The highest BCUT2D eigenvalue weighted by atomic mass is 16.2. The Balaban J connectivity index is 1.50. The summed E-state index contributed by atoms with van der Waals surface area (Å²) in [6.07, 6.45) is 6.58. The molecule has 2 aromatic heterocycles. The van der Waals surface area contributed by atoms with E-state index in [1.54, 1.807) is 12.4 Å². The molecule has 3 unspecified atom stereocenters. The van der Waals surface area contributed by atoms with E-state index in [1.807, 2.05) is 42.2 Å². The molecular formula is C23H28N6O. The second-order valence-electron chi connectivity index (χ2n) is 7.86. The summed E-state index contributed by atoms with van der Waals surface area (Å²) in [5.74, 6) is 0.268. The lowest BCUT2D eigenvalue weighted by Crippen LogP contribution is -2.44. The van der Waals surface area contributed by atoms with Crippen molar-refractivity contribution in [1.29, 1.82) is 0 Å². The summed E-state index contributed by atoms with van der Waals surface area (Å²) >= 11 is 0. The van der Waals surface area contributed by atoms with Gasteiger partial charge in [0.15, 0.2) is 0 Å². The number of rotatable bonds is 6. The van der Waals surface area contributed by atoms with Crippen molar-refractivity contribution in [2.24, 2.45) is 13.0 Å². The standard InChI is InChI=1S/C23H28N6O/c1-4-20-15(2)21(27-26-20)23(30)25-13-16-6-5-7-18(12-16)22-19(14-29(3)28-22)17-8-10-24-11-9-17/h5-12,14-15,20-21,26-27H,4,13H2,1-3H3,(H,25,30). The van der Waals surface area contributed by atoms with Crippen LogP contribution in [0.3, 0.4) is 0 Å². The number of hydrogen-bond acceptors (Lipinski definition) is 5. The lowest BCUT2D eigenvalue weighted by molar-refractivity contribution is -0.123. The van der Waals surface area contributed by atoms with E-state index in [4.69, 9.17) is 0 Å². The molecule has 156 valence electrons. The number of amides is 1. The van der Waals surface area contributed by atoms with Crippen LogP contribution in [0.25, 0.3) is 22.4 Å². The zero-order valence-electron chi connectivity index (χ0n) is 17.6. The summed E-state index contributed by atoms with van der Waals surface area (Å²) in [6, 6.07) is 12.2. The average molecular weight is 405 g/mol. The minimum atomic E-state index is -0.216. The van der Waals surface area contributed by atoms with Crippen LogP contribution in [0.2, 0.25) is 0 Å². The Morgan fingerprint density at radius 1 is 1.17 bits per heavy atom. The number of aryl methyl sites for hydroxylation is 1. The summed E-state index contributed by atoms with van der Waals surface area (Å²) in [7, 11) is 1.92. The molecule has 0 saturated carbocycles. The average Bonchev–Trinajstić information content (AvgIpc) is 3.35. The number of hydrazine groups is 1. The predicted molar refractivity (Wildman–Crippen MR) is 117 cm³/mol. The summed E-state index contributed by atoms with van der Waals surface area (Å²) in [5.41, 5.74) is 11.5. The molecule has 1 saturated heterocycles. The molecule has 0 radical (unpaired) electrons. The minimum Gasteiger partial charge on any atom is -0.351 e. The van der Waals surface area contributed by atoms with Crippen LogP contribution in [0, 0.1) is 5.92 Å². The van der Waals surface area contributed by atoms with Crippen LogP contribution in [0.5, 0.6) is 0 Å². The normalized spacial score (nSPS) is 21.0. The van der Waals surface area contributed by atoms with Crippen LogP contribution >= 0.6 is 0 Å². The fourth-order valence-electron chi connectivity index (χ4n) is 4.04. The molecule has 0 spiro atoms. The van der Waals surface area contributed by atoms with Crippen LogP contribution in [0.15, 0.2) is 55.0 Å². The van der Waals surface area contributed by atoms with Crippen LogP contribution < -0.4 is 16.2 Å². The minimum absolute atomic E-state index is 0.0201. The van der Waals surface area contributed by atoms with Crippen molar-refractivity contribution in [2.45, 2.75) is 38.9 Å². The molecule has 3 N–H and O–H groups in total. The summed E-state index contributed by atoms with van der Waals surface area (Å²) in [5, 5.41) is 7.75. The van der Waals surface area contributed by atoms with Gasteiger partial charge in [-0.25, -0.2) is 5.43 Å². The van der Waals surface area contributed by atoms with Gasteiger partial charge in [-0.15, -0.1) is 0 Å². The highest BCUT2D eigenvalue weighted by molar-refractivity contribution is 5.83. The maximum absolute atomic E-state index is 12.7. The van der Waals surface area contributed by atoms with E-state index in [1.165, 1.54) is 0 Å². The molecule has 1 fully saturated rings. The van der Waals surface area contributed by atoms with E-state index in [9.17, 15) is 4.79 Å². The Hall–Kier alpha value is -3.03. The summed E-state index contributed by atoms with van der Waals surface area (Å²) in [4.78, 5) is 16.8. The smallest absolute Gasteiger partial charge is 0.239 e. The number of hydrogen-bond donors (Lipinski definition) is 3. The van der Waals surface area contributed by atoms with Crippen molar-refractivity contribution in [3.63, 3.8) is 0 Å². The fraction of sp³-hybridized carbons (Fsp3) is 0.348. The molecule has 4 rings (SSSR count). The topological polar surface area (TPSA) is 83.9 Å². The van der Waals surface area contributed by atoms with Crippen molar-refractivity contribution >= 4 is 5.91 Å². The number of carbonyl (C=O) groups excluding carboxylic acids is 1.